The van der Waals surface area contributed by atoms with Gasteiger partial charge in [-0.25, -0.2) is 4.98 Å². The van der Waals surface area contributed by atoms with E-state index in [0.29, 0.717) is 6.54 Å². The maximum Gasteiger partial charge on any atom is 0.251 e. The molecule has 0 fully saturated rings. The van der Waals surface area contributed by atoms with Crippen molar-refractivity contribution in [2.75, 3.05) is 0 Å². The summed E-state index contributed by atoms with van der Waals surface area (Å²) < 4.78 is 2.29. The van der Waals surface area contributed by atoms with Gasteiger partial charge in [0.25, 0.3) is 5.91 Å². The highest BCUT2D eigenvalue weighted by molar-refractivity contribution is 5.95. The van der Waals surface area contributed by atoms with Crippen LogP contribution in [0.15, 0.2) is 42.5 Å². The Morgan fingerprint density at radius 3 is 2.31 bits per heavy atom. The number of nitrogens with zero attached hydrogens (tertiary/aromatic N) is 2. The van der Waals surface area contributed by atoms with Crippen molar-refractivity contribution in [3.8, 4) is 0 Å². The van der Waals surface area contributed by atoms with Crippen LogP contribution < -0.4 is 5.32 Å². The molecule has 0 saturated heterocycles. The smallest absolute Gasteiger partial charge is 0.251 e. The fourth-order valence-electron chi connectivity index (χ4n) is 4.41. The second kappa shape index (κ2) is 12.4. The molecule has 0 aliphatic carbocycles. The lowest BCUT2D eigenvalue weighted by Crippen LogP contribution is -2.25. The Kier molecular flexibility index (Phi) is 9.33. The molecule has 172 valence electrons. The van der Waals surface area contributed by atoms with Gasteiger partial charge in [0.2, 0.25) is 0 Å². The Morgan fingerprint density at radius 1 is 0.906 bits per heavy atom. The normalized spacial score (nSPS) is 11.2. The van der Waals surface area contributed by atoms with Gasteiger partial charge in [-0.15, -0.1) is 0 Å². The summed E-state index contributed by atoms with van der Waals surface area (Å²) in [4.78, 5) is 17.6. The first kappa shape index (κ1) is 24.0. The van der Waals surface area contributed by atoms with Crippen LogP contribution in [0.4, 0.5) is 0 Å². The molecule has 0 spiro atoms. The van der Waals surface area contributed by atoms with Crippen LogP contribution in [0.5, 0.6) is 0 Å². The number of rotatable bonds is 13. The predicted molar refractivity (Wildman–Crippen MR) is 134 cm³/mol. The number of aromatic nitrogens is 2. The number of nitrogens with one attached hydrogen (secondary N) is 1. The van der Waals surface area contributed by atoms with Crippen molar-refractivity contribution >= 4 is 16.9 Å². The number of fused-ring (bicyclic) bond motifs is 1. The molecule has 0 bridgehead atoms. The molecule has 0 atom stereocenters. The first-order valence-electron chi connectivity index (χ1n) is 12.4. The minimum atomic E-state index is -0.0378. The Hall–Kier alpha value is -2.62. The molecular formula is C28H39N3O. The highest BCUT2D eigenvalue weighted by Crippen LogP contribution is 2.18. The number of imidazole rings is 1. The minimum Gasteiger partial charge on any atom is -0.345 e. The first-order valence-corrected chi connectivity index (χ1v) is 12.4. The van der Waals surface area contributed by atoms with E-state index in [9.17, 15) is 4.79 Å². The van der Waals surface area contributed by atoms with Crippen LogP contribution >= 0.6 is 0 Å². The second-order valence-electron chi connectivity index (χ2n) is 9.00. The first-order chi connectivity index (χ1) is 15.6. The van der Waals surface area contributed by atoms with E-state index in [1.165, 1.54) is 56.9 Å². The molecule has 1 aromatic heterocycles. The molecule has 4 nitrogen and oxygen atoms in total. The molecule has 2 aromatic carbocycles. The Morgan fingerprint density at radius 2 is 1.59 bits per heavy atom. The van der Waals surface area contributed by atoms with Crippen molar-refractivity contribution in [2.45, 2.75) is 91.6 Å². The number of aryl methyl sites for hydroxylation is 3. The maximum atomic E-state index is 12.8. The molecule has 4 heteroatoms. The predicted octanol–water partition coefficient (Wildman–Crippen LogP) is 7.11. The van der Waals surface area contributed by atoms with Crippen molar-refractivity contribution < 1.29 is 4.79 Å². The number of para-hydroxylation sites is 2. The zero-order chi connectivity index (χ0) is 22.8. The van der Waals surface area contributed by atoms with E-state index in [1.807, 2.05) is 38.1 Å². The van der Waals surface area contributed by atoms with Gasteiger partial charge in [0, 0.05) is 12.1 Å². The molecule has 3 aromatic rings. The summed E-state index contributed by atoms with van der Waals surface area (Å²) in [6.45, 7) is 7.69. The van der Waals surface area contributed by atoms with Crippen LogP contribution in [-0.4, -0.2) is 15.5 Å². The van der Waals surface area contributed by atoms with Crippen molar-refractivity contribution in [1.29, 1.82) is 0 Å². The molecule has 0 saturated carbocycles. The lowest BCUT2D eigenvalue weighted by molar-refractivity contribution is 0.0949. The number of carbonyl (C=O) groups excluding carboxylic acids is 1. The number of unbranched alkanes of at least 4 members (excludes halogenated alkanes) is 8. The molecule has 0 aliphatic heterocycles. The monoisotopic (exact) mass is 433 g/mol. The fourth-order valence-corrected chi connectivity index (χ4v) is 4.41. The van der Waals surface area contributed by atoms with E-state index >= 15 is 0 Å². The molecule has 3 rings (SSSR count). The summed E-state index contributed by atoms with van der Waals surface area (Å²) in [5.41, 5.74) is 5.06. The van der Waals surface area contributed by atoms with E-state index in [4.69, 9.17) is 4.98 Å². The van der Waals surface area contributed by atoms with Gasteiger partial charge in [0.05, 0.1) is 17.6 Å². The molecule has 1 heterocycles. The third kappa shape index (κ3) is 6.69. The van der Waals surface area contributed by atoms with Gasteiger partial charge in [-0.05, 0) is 44.0 Å². The van der Waals surface area contributed by atoms with Crippen LogP contribution in [-0.2, 0) is 13.1 Å². The van der Waals surface area contributed by atoms with Crippen LogP contribution in [0, 0.1) is 13.8 Å². The lowest BCUT2D eigenvalue weighted by atomic mass is 10.1. The third-order valence-corrected chi connectivity index (χ3v) is 6.25. The average Bonchev–Trinajstić information content (AvgIpc) is 3.14. The Balaban J connectivity index is 1.56. The summed E-state index contributed by atoms with van der Waals surface area (Å²) >= 11 is 0. The van der Waals surface area contributed by atoms with Crippen molar-refractivity contribution in [3.05, 3.63) is 65.0 Å². The van der Waals surface area contributed by atoms with Gasteiger partial charge < -0.3 is 9.88 Å². The van der Waals surface area contributed by atoms with E-state index < -0.39 is 0 Å². The summed E-state index contributed by atoms with van der Waals surface area (Å²) in [6.07, 6.45) is 11.8. The van der Waals surface area contributed by atoms with E-state index in [0.717, 1.165) is 41.0 Å². The van der Waals surface area contributed by atoms with E-state index in [-0.39, 0.29) is 5.91 Å². The summed E-state index contributed by atoms with van der Waals surface area (Å²) in [6, 6.07) is 14.2. The molecule has 1 amide bonds. The van der Waals surface area contributed by atoms with Crippen LogP contribution in [0.3, 0.4) is 0 Å². The van der Waals surface area contributed by atoms with E-state index in [2.05, 4.69) is 35.0 Å². The molecule has 0 unspecified atom stereocenters. The SMILES string of the molecule is CCCCCCCCCCCn1c(CNC(=O)c2ccc(C)cc2C)nc2ccccc21. The maximum absolute atomic E-state index is 12.8. The number of carbonyl (C=O) groups is 1. The zero-order valence-corrected chi connectivity index (χ0v) is 20.1. The van der Waals surface area contributed by atoms with Crippen molar-refractivity contribution in [1.82, 2.24) is 14.9 Å². The molecule has 32 heavy (non-hydrogen) atoms. The molecular weight excluding hydrogens is 394 g/mol. The topological polar surface area (TPSA) is 46.9 Å². The van der Waals surface area contributed by atoms with Gasteiger partial charge in [0.15, 0.2) is 0 Å². The fraction of sp³-hybridized carbons (Fsp3) is 0.500. The van der Waals surface area contributed by atoms with Crippen LogP contribution in [0.2, 0.25) is 0 Å². The molecule has 1 N–H and O–H groups in total. The van der Waals surface area contributed by atoms with Gasteiger partial charge in [0.1, 0.15) is 5.82 Å². The quantitative estimate of drug-likeness (QED) is 0.292. The Bertz CT molecular complexity index is 1010. The van der Waals surface area contributed by atoms with Gasteiger partial charge in [-0.1, -0.05) is 88.1 Å². The zero-order valence-electron chi connectivity index (χ0n) is 20.1. The van der Waals surface area contributed by atoms with E-state index in [1.54, 1.807) is 0 Å². The summed E-state index contributed by atoms with van der Waals surface area (Å²) in [5.74, 6) is 0.896. The third-order valence-electron chi connectivity index (χ3n) is 6.25. The van der Waals surface area contributed by atoms with Crippen LogP contribution in [0.25, 0.3) is 11.0 Å². The minimum absolute atomic E-state index is 0.0378. The molecule has 0 aliphatic rings. The summed E-state index contributed by atoms with van der Waals surface area (Å²) in [5, 5.41) is 3.09. The number of amides is 1. The van der Waals surface area contributed by atoms with Crippen molar-refractivity contribution in [2.24, 2.45) is 0 Å². The van der Waals surface area contributed by atoms with Crippen LogP contribution in [0.1, 0.15) is 92.0 Å². The molecule has 0 radical (unpaired) electrons. The largest absolute Gasteiger partial charge is 0.345 e. The average molecular weight is 434 g/mol. The van der Waals surface area contributed by atoms with Gasteiger partial charge in [-0.2, -0.15) is 0 Å². The van der Waals surface area contributed by atoms with Gasteiger partial charge >= 0.3 is 0 Å². The highest BCUT2D eigenvalue weighted by Gasteiger charge is 2.13. The number of hydrogen-bond donors (Lipinski definition) is 1. The summed E-state index contributed by atoms with van der Waals surface area (Å²) in [7, 11) is 0. The second-order valence-corrected chi connectivity index (χ2v) is 9.00. The van der Waals surface area contributed by atoms with Gasteiger partial charge in [-0.3, -0.25) is 4.79 Å². The standard InChI is InChI=1S/C28H39N3O/c1-4-5-6-7-8-9-10-11-14-19-31-26-16-13-12-15-25(26)30-27(31)21-29-28(32)24-18-17-22(2)20-23(24)3/h12-13,15-18,20H,4-11,14,19,21H2,1-3H3,(H,29,32). The number of benzene rings is 2. The van der Waals surface area contributed by atoms with Crippen molar-refractivity contribution in [3.63, 3.8) is 0 Å². The Labute approximate surface area is 193 Å². The highest BCUT2D eigenvalue weighted by atomic mass is 16.1. The number of hydrogen-bond acceptors (Lipinski definition) is 2. The lowest BCUT2D eigenvalue weighted by Gasteiger charge is -2.11.